The van der Waals surface area contributed by atoms with Crippen LogP contribution < -0.4 is 14.5 Å². The van der Waals surface area contributed by atoms with Gasteiger partial charge in [0.25, 0.3) is 11.8 Å². The Morgan fingerprint density at radius 3 is 2.13 bits per heavy atom. The molecule has 8 nitrogen and oxygen atoms in total. The number of rotatable bonds is 6. The third-order valence-corrected chi connectivity index (χ3v) is 11.7. The van der Waals surface area contributed by atoms with Crippen molar-refractivity contribution in [2.24, 2.45) is 17.8 Å². The summed E-state index contributed by atoms with van der Waals surface area (Å²) >= 11 is 16.9. The van der Waals surface area contributed by atoms with Crippen LogP contribution in [0, 0.1) is 27.1 Å². The van der Waals surface area contributed by atoms with Gasteiger partial charge in [-0.25, -0.2) is 9.29 Å². The molecule has 3 aromatic rings. The van der Waals surface area contributed by atoms with E-state index in [0.29, 0.717) is 22.6 Å². The summed E-state index contributed by atoms with van der Waals surface area (Å²) in [5.74, 6) is -5.51. The summed E-state index contributed by atoms with van der Waals surface area (Å²) in [6.07, 6.45) is 1.94. The van der Waals surface area contributed by atoms with E-state index < -0.39 is 57.0 Å². The molecule has 0 radical (unpaired) electrons. The molecule has 2 aliphatic heterocycles. The number of imide groups is 2. The Labute approximate surface area is 287 Å². The van der Waals surface area contributed by atoms with Gasteiger partial charge < -0.3 is 9.84 Å². The van der Waals surface area contributed by atoms with Gasteiger partial charge in [-0.3, -0.25) is 24.1 Å². The Hall–Kier alpha value is -3.32. The number of hydrogen-bond acceptors (Lipinski definition) is 6. The van der Waals surface area contributed by atoms with E-state index >= 15 is 0 Å². The molecule has 2 saturated heterocycles. The van der Waals surface area contributed by atoms with Gasteiger partial charge in [0.15, 0.2) is 9.75 Å². The molecular weight excluding hydrogens is 749 g/mol. The van der Waals surface area contributed by atoms with Crippen LogP contribution in [0.5, 0.6) is 5.75 Å². The molecule has 7 rings (SSSR count). The van der Waals surface area contributed by atoms with Gasteiger partial charge in [0, 0.05) is 9.49 Å². The molecule has 0 bridgehead atoms. The number of aliphatic hydroxyl groups is 1. The van der Waals surface area contributed by atoms with Crippen molar-refractivity contribution in [2.75, 3.05) is 23.0 Å². The van der Waals surface area contributed by atoms with Crippen LogP contribution in [-0.2, 0) is 19.2 Å². The lowest BCUT2D eigenvalue weighted by Crippen LogP contribution is -2.60. The van der Waals surface area contributed by atoms with Crippen molar-refractivity contribution in [1.29, 1.82) is 0 Å². The van der Waals surface area contributed by atoms with Crippen LogP contribution in [0.15, 0.2) is 84.4 Å². The zero-order valence-electron chi connectivity index (χ0n) is 24.0. The molecule has 2 heterocycles. The van der Waals surface area contributed by atoms with E-state index in [4.69, 9.17) is 27.9 Å². The van der Waals surface area contributed by atoms with Gasteiger partial charge in [0.2, 0.25) is 11.8 Å². The Morgan fingerprint density at radius 1 is 0.848 bits per heavy atom. The van der Waals surface area contributed by atoms with E-state index in [0.717, 1.165) is 20.6 Å². The number of carbonyl (C=O) groups excluding carboxylic acids is 4. The van der Waals surface area contributed by atoms with Crippen molar-refractivity contribution >= 4 is 80.8 Å². The van der Waals surface area contributed by atoms with Gasteiger partial charge in [-0.1, -0.05) is 23.8 Å². The van der Waals surface area contributed by atoms with Gasteiger partial charge in [0.1, 0.15) is 18.2 Å². The molecular formula is C34H26Cl2FIN2O6. The Morgan fingerprint density at radius 2 is 1.48 bits per heavy atom. The van der Waals surface area contributed by atoms with Crippen molar-refractivity contribution in [1.82, 2.24) is 0 Å². The lowest BCUT2D eigenvalue weighted by Gasteiger charge is -2.50. The smallest absolute Gasteiger partial charge is 0.258 e. The predicted octanol–water partition coefficient (Wildman–Crippen LogP) is 5.57. The minimum absolute atomic E-state index is 0.0795. The number of benzene rings is 3. The minimum Gasteiger partial charge on any atom is -0.491 e. The van der Waals surface area contributed by atoms with Crippen LogP contribution in [0.3, 0.4) is 0 Å². The fourth-order valence-electron chi connectivity index (χ4n) is 7.54. The summed E-state index contributed by atoms with van der Waals surface area (Å²) in [5.41, 5.74) is 1.78. The highest BCUT2D eigenvalue weighted by Gasteiger charge is 2.76. The molecule has 0 unspecified atom stereocenters. The number of alkyl halides is 2. The zero-order chi connectivity index (χ0) is 32.5. The van der Waals surface area contributed by atoms with E-state index in [9.17, 15) is 28.7 Å². The van der Waals surface area contributed by atoms with Gasteiger partial charge in [-0.15, -0.1) is 23.2 Å². The van der Waals surface area contributed by atoms with Crippen LogP contribution in [0.1, 0.15) is 24.3 Å². The third-order valence-electron chi connectivity index (χ3n) is 9.55. The molecule has 0 spiro atoms. The number of ether oxygens (including phenoxy) is 1. The molecule has 1 N–H and O–H groups in total. The molecule has 3 fully saturated rings. The summed E-state index contributed by atoms with van der Waals surface area (Å²) in [4.78, 5) is 54.8. The summed E-state index contributed by atoms with van der Waals surface area (Å²) in [6, 6.07) is 18.7. The monoisotopic (exact) mass is 774 g/mol. The largest absolute Gasteiger partial charge is 0.491 e. The van der Waals surface area contributed by atoms with E-state index in [1.807, 2.05) is 18.2 Å². The first-order valence-electron chi connectivity index (χ1n) is 14.7. The van der Waals surface area contributed by atoms with E-state index in [1.54, 1.807) is 36.4 Å². The van der Waals surface area contributed by atoms with E-state index in [-0.39, 0.29) is 37.6 Å². The molecule has 236 valence electrons. The number of anilines is 2. The van der Waals surface area contributed by atoms with Crippen LogP contribution in [0.4, 0.5) is 15.8 Å². The number of aliphatic hydroxyl groups excluding tert-OH is 1. The second-order valence-electron chi connectivity index (χ2n) is 11.9. The van der Waals surface area contributed by atoms with Crippen LogP contribution in [0.2, 0.25) is 0 Å². The quantitative estimate of drug-likeness (QED) is 0.152. The minimum atomic E-state index is -2.02. The molecule has 46 heavy (non-hydrogen) atoms. The lowest BCUT2D eigenvalue weighted by atomic mass is 9.56. The number of nitrogens with zero attached hydrogens (tertiary/aromatic N) is 2. The fraction of sp³-hybridized carbons (Fsp3) is 0.294. The standard InChI is InChI=1S/C34H26Cl2FIN2O6/c35-33-17-26-24(13-14-25-27(26)30(43)39(29(25)42)21-9-5-20(38)6-10-21)28(18-1-11-23(12-2-18)46-16-15-41)34(33,36)32(45)40(31(33)44)22-7-3-19(37)4-8-22/h1-13,25-28,41H,14-17H2/t25-,26+,27-,28-,33+,34-/m0/s1. The normalized spacial score (nSPS) is 30.2. The van der Waals surface area contributed by atoms with Crippen molar-refractivity contribution in [3.63, 3.8) is 0 Å². The maximum absolute atomic E-state index is 14.4. The van der Waals surface area contributed by atoms with Gasteiger partial charge >= 0.3 is 0 Å². The van der Waals surface area contributed by atoms with Crippen LogP contribution in [0.25, 0.3) is 0 Å². The number of amides is 4. The number of allylic oxidation sites excluding steroid dienone is 2. The maximum atomic E-state index is 14.4. The Kier molecular flexibility index (Phi) is 7.77. The third kappa shape index (κ3) is 4.47. The number of carbonyl (C=O) groups is 4. The first kappa shape index (κ1) is 31.3. The van der Waals surface area contributed by atoms with E-state index in [2.05, 4.69) is 22.6 Å². The average molecular weight is 775 g/mol. The van der Waals surface area contributed by atoms with Gasteiger partial charge in [-0.05, 0) is 108 Å². The molecule has 2 aliphatic carbocycles. The summed E-state index contributed by atoms with van der Waals surface area (Å²) in [6.45, 7) is -0.0982. The molecule has 12 heteroatoms. The number of hydrogen-bond donors (Lipinski definition) is 1. The highest BCUT2D eigenvalue weighted by atomic mass is 127. The van der Waals surface area contributed by atoms with Crippen molar-refractivity contribution < 1.29 is 33.4 Å². The molecule has 3 aromatic carbocycles. The zero-order valence-corrected chi connectivity index (χ0v) is 27.7. The predicted molar refractivity (Wildman–Crippen MR) is 177 cm³/mol. The fourth-order valence-corrected chi connectivity index (χ4v) is 8.83. The van der Waals surface area contributed by atoms with Crippen molar-refractivity contribution in [2.45, 2.75) is 28.5 Å². The van der Waals surface area contributed by atoms with Crippen LogP contribution >= 0.6 is 45.8 Å². The number of fused-ring (bicyclic) bond motifs is 4. The van der Waals surface area contributed by atoms with Gasteiger partial charge in [0.05, 0.1) is 29.8 Å². The molecule has 0 aromatic heterocycles. The highest BCUT2D eigenvalue weighted by Crippen LogP contribution is 2.66. The Bertz CT molecular complexity index is 1800. The average Bonchev–Trinajstić information content (AvgIpc) is 3.39. The Balaban J connectivity index is 1.36. The highest BCUT2D eigenvalue weighted by molar-refractivity contribution is 14.1. The summed E-state index contributed by atoms with van der Waals surface area (Å²) in [5, 5.41) is 9.17. The maximum Gasteiger partial charge on any atom is 0.258 e. The molecule has 4 aliphatic rings. The summed E-state index contributed by atoms with van der Waals surface area (Å²) in [7, 11) is 0. The van der Waals surface area contributed by atoms with Crippen molar-refractivity contribution in [3.8, 4) is 5.75 Å². The number of halogens is 4. The van der Waals surface area contributed by atoms with Crippen LogP contribution in [-0.4, -0.2) is 51.7 Å². The topological polar surface area (TPSA) is 104 Å². The second kappa shape index (κ2) is 11.4. The molecule has 1 saturated carbocycles. The molecule has 4 amide bonds. The second-order valence-corrected chi connectivity index (χ2v) is 14.4. The SMILES string of the molecule is O=C1[C@H]2[C@H](CC=C3[C@H]2C[C@@]2(Cl)C(=O)N(c4ccc(F)cc4)C(=O)[C@@]2(Cl)[C@H]3c2ccc(OCCO)cc2)C(=O)N1c1ccc(I)cc1. The van der Waals surface area contributed by atoms with Crippen molar-refractivity contribution in [3.05, 3.63) is 99.4 Å². The first-order chi connectivity index (χ1) is 22.0. The molecule has 6 atom stereocenters. The van der Waals surface area contributed by atoms with E-state index in [1.165, 1.54) is 17.0 Å². The lowest BCUT2D eigenvalue weighted by molar-refractivity contribution is -0.125. The summed E-state index contributed by atoms with van der Waals surface area (Å²) < 4.78 is 20.3. The first-order valence-corrected chi connectivity index (χ1v) is 16.5. The van der Waals surface area contributed by atoms with Gasteiger partial charge in [-0.2, -0.15) is 0 Å².